The lowest BCUT2D eigenvalue weighted by Crippen LogP contribution is -2.42. The third kappa shape index (κ3) is 3.75. The van der Waals surface area contributed by atoms with Gasteiger partial charge in [0.1, 0.15) is 5.69 Å². The van der Waals surface area contributed by atoms with E-state index in [4.69, 9.17) is 4.74 Å². The fraction of sp³-hybridized carbons (Fsp3) is 0.684. The van der Waals surface area contributed by atoms with Crippen molar-refractivity contribution in [2.75, 3.05) is 44.3 Å². The Morgan fingerprint density at radius 2 is 1.75 bits per heavy atom. The van der Waals surface area contributed by atoms with Crippen LogP contribution in [0.2, 0.25) is 0 Å². The summed E-state index contributed by atoms with van der Waals surface area (Å²) in [4.78, 5) is 13.4. The molecule has 2 heterocycles. The van der Waals surface area contributed by atoms with Crippen LogP contribution < -0.4 is 4.90 Å². The van der Waals surface area contributed by atoms with E-state index in [0.717, 1.165) is 25.4 Å². The van der Waals surface area contributed by atoms with Crippen LogP contribution in [0.25, 0.3) is 0 Å². The Morgan fingerprint density at radius 1 is 1.04 bits per heavy atom. The lowest BCUT2D eigenvalue weighted by Gasteiger charge is -2.42. The molecule has 0 bridgehead atoms. The minimum atomic E-state index is -3.75. The van der Waals surface area contributed by atoms with Crippen molar-refractivity contribution < 1.29 is 18.1 Å². The molecule has 2 aliphatic heterocycles. The van der Waals surface area contributed by atoms with Gasteiger partial charge < -0.3 is 9.64 Å². The van der Waals surface area contributed by atoms with E-state index >= 15 is 0 Å². The molecule has 0 aromatic heterocycles. The molecule has 2 atom stereocenters. The molecule has 0 N–H and O–H groups in total. The van der Waals surface area contributed by atoms with Crippen molar-refractivity contribution in [2.45, 2.75) is 37.0 Å². The van der Waals surface area contributed by atoms with Crippen LogP contribution in [0.5, 0.6) is 0 Å². The summed E-state index contributed by atoms with van der Waals surface area (Å²) in [6.45, 7) is 2.84. The van der Waals surface area contributed by atoms with Gasteiger partial charge in [-0.15, -0.1) is 0 Å². The van der Waals surface area contributed by atoms with Gasteiger partial charge in [-0.1, -0.05) is 19.3 Å². The molecule has 3 fully saturated rings. The molecule has 2 saturated heterocycles. The van der Waals surface area contributed by atoms with Crippen molar-refractivity contribution >= 4 is 21.4 Å². The van der Waals surface area contributed by atoms with Gasteiger partial charge in [-0.05, 0) is 36.8 Å². The van der Waals surface area contributed by atoms with Crippen molar-refractivity contribution in [3.8, 4) is 0 Å². The quantitative estimate of drug-likeness (QED) is 0.561. The van der Waals surface area contributed by atoms with Crippen molar-refractivity contribution in [2.24, 2.45) is 11.8 Å². The maximum atomic E-state index is 12.9. The second kappa shape index (κ2) is 7.96. The maximum Gasteiger partial charge on any atom is 0.293 e. The molecular formula is C19H27N3O5S. The van der Waals surface area contributed by atoms with Gasteiger partial charge in [-0.3, -0.25) is 10.1 Å². The Labute approximate surface area is 165 Å². The Balaban J connectivity index is 1.61. The Hall–Kier alpha value is -1.71. The van der Waals surface area contributed by atoms with Crippen LogP contribution in [-0.4, -0.2) is 57.0 Å². The summed E-state index contributed by atoms with van der Waals surface area (Å²) in [7, 11) is -3.75. The van der Waals surface area contributed by atoms with Crippen molar-refractivity contribution in [3.63, 3.8) is 0 Å². The number of rotatable bonds is 4. The largest absolute Gasteiger partial charge is 0.379 e. The summed E-state index contributed by atoms with van der Waals surface area (Å²) in [6, 6.07) is 4.36. The SMILES string of the molecule is O=[N+]([O-])c1cc(S(=O)(=O)N2CCOCC2)ccc1N1CC[C@H]2CCCC[C@@H]2C1. The number of hydrogen-bond donors (Lipinski definition) is 0. The van der Waals surface area contributed by atoms with Crippen LogP contribution in [-0.2, 0) is 14.8 Å². The Kier molecular flexibility index (Phi) is 5.57. The number of sulfonamides is 1. The highest BCUT2D eigenvalue weighted by atomic mass is 32.2. The van der Waals surface area contributed by atoms with Crippen LogP contribution in [0.4, 0.5) is 11.4 Å². The Bertz CT molecular complexity index is 838. The fourth-order valence-electron chi connectivity index (χ4n) is 4.83. The van der Waals surface area contributed by atoms with E-state index in [1.165, 1.54) is 42.1 Å². The molecule has 0 unspecified atom stereocenters. The van der Waals surface area contributed by atoms with Crippen LogP contribution >= 0.6 is 0 Å². The molecule has 1 aliphatic carbocycles. The van der Waals surface area contributed by atoms with Gasteiger partial charge in [0, 0.05) is 32.2 Å². The van der Waals surface area contributed by atoms with Crippen molar-refractivity contribution in [3.05, 3.63) is 28.3 Å². The molecule has 8 nitrogen and oxygen atoms in total. The minimum absolute atomic E-state index is 0.0163. The molecule has 0 spiro atoms. The summed E-state index contributed by atoms with van der Waals surface area (Å²) >= 11 is 0. The first-order chi connectivity index (χ1) is 13.5. The van der Waals surface area contributed by atoms with E-state index in [2.05, 4.69) is 4.90 Å². The minimum Gasteiger partial charge on any atom is -0.379 e. The van der Waals surface area contributed by atoms with Crippen molar-refractivity contribution in [1.29, 1.82) is 0 Å². The van der Waals surface area contributed by atoms with Gasteiger partial charge in [0.2, 0.25) is 10.0 Å². The van der Waals surface area contributed by atoms with Gasteiger partial charge in [-0.2, -0.15) is 4.31 Å². The standard InChI is InChI=1S/C19H27N3O5S/c23-22(24)19-13-17(28(25,26)21-9-11-27-12-10-21)5-6-18(19)20-8-7-15-3-1-2-4-16(15)14-20/h5-6,13,15-16H,1-4,7-12,14H2/t15-,16-/m1/s1. The second-order valence-corrected chi connectivity index (χ2v) is 9.90. The van der Waals surface area contributed by atoms with Crippen LogP contribution in [0.3, 0.4) is 0 Å². The van der Waals surface area contributed by atoms with Gasteiger partial charge in [0.15, 0.2) is 0 Å². The number of ether oxygens (including phenoxy) is 1. The molecule has 1 aromatic rings. The zero-order valence-corrected chi connectivity index (χ0v) is 16.8. The Morgan fingerprint density at radius 3 is 2.46 bits per heavy atom. The van der Waals surface area contributed by atoms with Gasteiger partial charge in [-0.25, -0.2) is 8.42 Å². The number of nitro groups is 1. The highest BCUT2D eigenvalue weighted by molar-refractivity contribution is 7.89. The van der Waals surface area contributed by atoms with E-state index in [0.29, 0.717) is 24.8 Å². The van der Waals surface area contributed by atoms with Crippen LogP contribution in [0.1, 0.15) is 32.1 Å². The van der Waals surface area contributed by atoms with E-state index in [1.807, 2.05) is 0 Å². The summed E-state index contributed by atoms with van der Waals surface area (Å²) in [5.41, 5.74) is 0.415. The first kappa shape index (κ1) is 19.6. The summed E-state index contributed by atoms with van der Waals surface area (Å²) in [6.07, 6.45) is 6.01. The fourth-order valence-corrected chi connectivity index (χ4v) is 6.26. The highest BCUT2D eigenvalue weighted by Gasteiger charge is 2.34. The zero-order valence-electron chi connectivity index (χ0n) is 16.0. The third-order valence-electron chi connectivity index (χ3n) is 6.38. The van der Waals surface area contributed by atoms with Gasteiger partial charge in [0.05, 0.1) is 23.0 Å². The summed E-state index contributed by atoms with van der Waals surface area (Å²) in [5.74, 6) is 1.31. The number of fused-ring (bicyclic) bond motifs is 1. The third-order valence-corrected chi connectivity index (χ3v) is 8.28. The first-order valence-electron chi connectivity index (χ1n) is 10.1. The molecule has 4 rings (SSSR count). The summed E-state index contributed by atoms with van der Waals surface area (Å²) < 4.78 is 32.3. The topological polar surface area (TPSA) is 93.0 Å². The maximum absolute atomic E-state index is 12.9. The second-order valence-electron chi connectivity index (χ2n) is 7.96. The van der Waals surface area contributed by atoms with Crippen LogP contribution in [0, 0.1) is 22.0 Å². The molecule has 0 amide bonds. The smallest absolute Gasteiger partial charge is 0.293 e. The molecule has 1 aromatic carbocycles. The molecule has 154 valence electrons. The van der Waals surface area contributed by atoms with Crippen molar-refractivity contribution in [1.82, 2.24) is 4.31 Å². The van der Waals surface area contributed by atoms with E-state index in [-0.39, 0.29) is 23.7 Å². The van der Waals surface area contributed by atoms with E-state index in [1.54, 1.807) is 6.07 Å². The highest BCUT2D eigenvalue weighted by Crippen LogP contribution is 2.40. The zero-order chi connectivity index (χ0) is 19.7. The lowest BCUT2D eigenvalue weighted by molar-refractivity contribution is -0.384. The average Bonchev–Trinajstić information content (AvgIpc) is 2.73. The molecular weight excluding hydrogens is 382 g/mol. The predicted molar refractivity (Wildman–Crippen MR) is 105 cm³/mol. The number of nitrogens with zero attached hydrogens (tertiary/aromatic N) is 3. The normalized spacial score (nSPS) is 26.6. The molecule has 28 heavy (non-hydrogen) atoms. The first-order valence-corrected chi connectivity index (χ1v) is 11.5. The number of morpholine rings is 1. The molecule has 9 heteroatoms. The average molecular weight is 410 g/mol. The molecule has 0 radical (unpaired) electrons. The van der Waals surface area contributed by atoms with E-state index < -0.39 is 14.9 Å². The predicted octanol–water partition coefficient (Wildman–Crippen LogP) is 2.63. The van der Waals surface area contributed by atoms with Crippen LogP contribution in [0.15, 0.2) is 23.1 Å². The number of benzene rings is 1. The number of anilines is 1. The van der Waals surface area contributed by atoms with Gasteiger partial charge >= 0.3 is 0 Å². The number of piperidine rings is 1. The number of nitro benzene ring substituents is 1. The monoisotopic (exact) mass is 409 g/mol. The van der Waals surface area contributed by atoms with Gasteiger partial charge in [0.25, 0.3) is 5.69 Å². The molecule has 1 saturated carbocycles. The van der Waals surface area contributed by atoms with E-state index in [9.17, 15) is 18.5 Å². The molecule has 3 aliphatic rings. The summed E-state index contributed by atoms with van der Waals surface area (Å²) in [5, 5.41) is 11.8. The lowest BCUT2D eigenvalue weighted by atomic mass is 9.75. The number of hydrogen-bond acceptors (Lipinski definition) is 6.